The Labute approximate surface area is 48.1 Å². The molecule has 1 aliphatic heterocycles. The number of ether oxygens (including phenoxy) is 1. The minimum Gasteiger partial charge on any atom is -0.455 e. The van der Waals surface area contributed by atoms with Crippen LogP contribution in [0.15, 0.2) is 12.2 Å². The highest BCUT2D eigenvalue weighted by atomic mass is 16.5. The van der Waals surface area contributed by atoms with E-state index in [1.165, 1.54) is 6.08 Å². The molecule has 44 valence electrons. The monoisotopic (exact) mass is 112 g/mol. The molecule has 0 fully saturated rings. The van der Waals surface area contributed by atoms with Crippen molar-refractivity contribution >= 4 is 5.97 Å². The summed E-state index contributed by atoms with van der Waals surface area (Å²) in [4.78, 5) is 10.3. The van der Waals surface area contributed by atoms with Crippen LogP contribution >= 0.6 is 0 Å². The fourth-order valence-corrected chi connectivity index (χ4v) is 0.633. The molecule has 0 saturated carbocycles. The smallest absolute Gasteiger partial charge is 0.331 e. The molecule has 1 atom stereocenters. The van der Waals surface area contributed by atoms with Gasteiger partial charge in [-0.3, -0.25) is 0 Å². The van der Waals surface area contributed by atoms with Gasteiger partial charge in [0.05, 0.1) is 0 Å². The Morgan fingerprint density at radius 3 is 2.88 bits per heavy atom. The lowest BCUT2D eigenvalue weighted by atomic mass is 10.3. The van der Waals surface area contributed by atoms with E-state index in [2.05, 4.69) is 0 Å². The summed E-state index contributed by atoms with van der Waals surface area (Å²) < 4.78 is 4.76. The summed E-state index contributed by atoms with van der Waals surface area (Å²) in [6.45, 7) is 1.98. The molecule has 0 N–H and O–H groups in total. The highest BCUT2D eigenvalue weighted by molar-refractivity contribution is 5.84. The lowest BCUT2D eigenvalue weighted by Gasteiger charge is -2.01. The molecule has 1 rings (SSSR count). The van der Waals surface area contributed by atoms with Crippen LogP contribution in [0.2, 0.25) is 0 Å². The fraction of sp³-hybridized carbons (Fsp3) is 0.500. The van der Waals surface area contributed by atoms with Gasteiger partial charge in [-0.1, -0.05) is 6.92 Å². The van der Waals surface area contributed by atoms with Crippen molar-refractivity contribution in [2.45, 2.75) is 19.4 Å². The predicted octanol–water partition coefficient (Wildman–Crippen LogP) is 0.878. The van der Waals surface area contributed by atoms with Crippen LogP contribution in [0.1, 0.15) is 13.3 Å². The second-order valence-electron chi connectivity index (χ2n) is 1.74. The molecule has 1 heterocycles. The number of hydrogen-bond donors (Lipinski definition) is 0. The number of carbonyl (C=O) groups excluding carboxylic acids is 1. The SMILES string of the molecule is CCC1C=CC(=O)O1. The molecular weight excluding hydrogens is 104 g/mol. The van der Waals surface area contributed by atoms with E-state index >= 15 is 0 Å². The number of rotatable bonds is 1. The second-order valence-corrected chi connectivity index (χ2v) is 1.74. The highest BCUT2D eigenvalue weighted by Crippen LogP contribution is 2.06. The average Bonchev–Trinajstić information content (AvgIpc) is 2.14. The van der Waals surface area contributed by atoms with Crippen LogP contribution in [0.3, 0.4) is 0 Å². The number of carbonyl (C=O) groups is 1. The van der Waals surface area contributed by atoms with Crippen molar-refractivity contribution in [3.63, 3.8) is 0 Å². The molecule has 0 aromatic carbocycles. The van der Waals surface area contributed by atoms with Crippen molar-refractivity contribution in [2.24, 2.45) is 0 Å². The zero-order valence-corrected chi connectivity index (χ0v) is 4.76. The summed E-state index contributed by atoms with van der Waals surface area (Å²) in [6, 6.07) is 0. The summed E-state index contributed by atoms with van der Waals surface area (Å²) in [5.74, 6) is -0.211. The van der Waals surface area contributed by atoms with Gasteiger partial charge in [-0.2, -0.15) is 0 Å². The lowest BCUT2D eigenvalue weighted by molar-refractivity contribution is -0.138. The first-order valence-corrected chi connectivity index (χ1v) is 2.71. The van der Waals surface area contributed by atoms with Crippen molar-refractivity contribution in [2.75, 3.05) is 0 Å². The Hall–Kier alpha value is -0.790. The molecule has 0 spiro atoms. The summed E-state index contributed by atoms with van der Waals surface area (Å²) in [7, 11) is 0. The van der Waals surface area contributed by atoms with E-state index in [9.17, 15) is 4.79 Å². The molecule has 0 saturated heterocycles. The normalized spacial score (nSPS) is 26.1. The van der Waals surface area contributed by atoms with Crippen molar-refractivity contribution in [1.29, 1.82) is 0 Å². The van der Waals surface area contributed by atoms with E-state index in [1.807, 2.05) is 6.92 Å². The van der Waals surface area contributed by atoms with Crippen LogP contribution in [-0.2, 0) is 9.53 Å². The third kappa shape index (κ3) is 0.886. The van der Waals surface area contributed by atoms with Gasteiger partial charge in [-0.05, 0) is 12.5 Å². The molecule has 0 aromatic heterocycles. The van der Waals surface area contributed by atoms with Gasteiger partial charge in [-0.15, -0.1) is 0 Å². The van der Waals surface area contributed by atoms with Crippen molar-refractivity contribution < 1.29 is 9.53 Å². The lowest BCUT2D eigenvalue weighted by Crippen LogP contribution is -2.04. The van der Waals surface area contributed by atoms with Crippen LogP contribution in [0.4, 0.5) is 0 Å². The van der Waals surface area contributed by atoms with Gasteiger partial charge in [0, 0.05) is 6.08 Å². The highest BCUT2D eigenvalue weighted by Gasteiger charge is 2.12. The van der Waals surface area contributed by atoms with Gasteiger partial charge in [0.1, 0.15) is 6.10 Å². The summed E-state index contributed by atoms with van der Waals surface area (Å²) >= 11 is 0. The molecule has 2 nitrogen and oxygen atoms in total. The predicted molar refractivity (Wildman–Crippen MR) is 29.3 cm³/mol. The van der Waals surface area contributed by atoms with E-state index in [1.54, 1.807) is 6.08 Å². The largest absolute Gasteiger partial charge is 0.455 e. The third-order valence-corrected chi connectivity index (χ3v) is 1.12. The van der Waals surface area contributed by atoms with E-state index in [0.29, 0.717) is 0 Å². The summed E-state index contributed by atoms with van der Waals surface area (Å²) in [6.07, 6.45) is 4.17. The first kappa shape index (κ1) is 5.35. The van der Waals surface area contributed by atoms with Crippen LogP contribution in [-0.4, -0.2) is 12.1 Å². The summed E-state index contributed by atoms with van der Waals surface area (Å²) in [5.41, 5.74) is 0. The summed E-state index contributed by atoms with van der Waals surface area (Å²) in [5, 5.41) is 0. The molecular formula is C6H8O2. The van der Waals surface area contributed by atoms with Crippen LogP contribution in [0, 0.1) is 0 Å². The van der Waals surface area contributed by atoms with E-state index in [-0.39, 0.29) is 12.1 Å². The topological polar surface area (TPSA) is 26.3 Å². The first-order valence-electron chi connectivity index (χ1n) is 2.71. The van der Waals surface area contributed by atoms with E-state index in [4.69, 9.17) is 4.74 Å². The molecule has 1 unspecified atom stereocenters. The maximum absolute atomic E-state index is 10.3. The maximum Gasteiger partial charge on any atom is 0.331 e. The van der Waals surface area contributed by atoms with Gasteiger partial charge in [0.15, 0.2) is 0 Å². The van der Waals surface area contributed by atoms with Crippen LogP contribution in [0.5, 0.6) is 0 Å². The van der Waals surface area contributed by atoms with Crippen LogP contribution in [0.25, 0.3) is 0 Å². The molecule has 2 heteroatoms. The molecule has 0 aliphatic carbocycles. The maximum atomic E-state index is 10.3. The fourth-order valence-electron chi connectivity index (χ4n) is 0.633. The Bertz CT molecular complexity index is 126. The third-order valence-electron chi connectivity index (χ3n) is 1.12. The molecule has 0 amide bonds. The zero-order valence-electron chi connectivity index (χ0n) is 4.76. The molecule has 1 aliphatic rings. The minimum absolute atomic E-state index is 0.0440. The van der Waals surface area contributed by atoms with E-state index < -0.39 is 0 Å². The quantitative estimate of drug-likeness (QED) is 0.470. The minimum atomic E-state index is -0.211. The number of hydrogen-bond acceptors (Lipinski definition) is 2. The second kappa shape index (κ2) is 1.99. The Balaban J connectivity index is 2.46. The van der Waals surface area contributed by atoms with Gasteiger partial charge in [-0.25, -0.2) is 4.79 Å². The number of cyclic esters (lactones) is 1. The zero-order chi connectivity index (χ0) is 5.98. The van der Waals surface area contributed by atoms with Gasteiger partial charge in [0.2, 0.25) is 0 Å². The van der Waals surface area contributed by atoms with Crippen molar-refractivity contribution in [3.8, 4) is 0 Å². The van der Waals surface area contributed by atoms with Gasteiger partial charge < -0.3 is 4.74 Å². The Morgan fingerprint density at radius 1 is 1.88 bits per heavy atom. The van der Waals surface area contributed by atoms with Crippen molar-refractivity contribution in [1.82, 2.24) is 0 Å². The van der Waals surface area contributed by atoms with Gasteiger partial charge >= 0.3 is 5.97 Å². The molecule has 0 radical (unpaired) electrons. The standard InChI is InChI=1S/C6H8O2/c1-2-5-3-4-6(7)8-5/h3-5H,2H2,1H3. The van der Waals surface area contributed by atoms with Crippen molar-refractivity contribution in [3.05, 3.63) is 12.2 Å². The molecule has 8 heavy (non-hydrogen) atoms. The van der Waals surface area contributed by atoms with Crippen LogP contribution < -0.4 is 0 Å². The molecule has 0 aromatic rings. The van der Waals surface area contributed by atoms with Gasteiger partial charge in [0.25, 0.3) is 0 Å². The van der Waals surface area contributed by atoms with E-state index in [0.717, 1.165) is 6.42 Å². The first-order chi connectivity index (χ1) is 3.83. The Morgan fingerprint density at radius 2 is 2.62 bits per heavy atom. The molecule has 0 bridgehead atoms. The average molecular weight is 112 g/mol. The number of esters is 1. The Kier molecular flexibility index (Phi) is 1.33.